The minimum Gasteiger partial charge on any atom is -0.450 e. The number of carbonyl (C=O) groups is 1. The zero-order chi connectivity index (χ0) is 16.7. The van der Waals surface area contributed by atoms with E-state index in [1.54, 1.807) is 24.0 Å². The Morgan fingerprint density at radius 2 is 2.13 bits per heavy atom. The molecule has 1 aromatic rings. The van der Waals surface area contributed by atoms with Crippen molar-refractivity contribution >= 4 is 17.7 Å². The second kappa shape index (κ2) is 8.78. The van der Waals surface area contributed by atoms with Crippen molar-refractivity contribution < 1.29 is 14.6 Å². The standard InChI is InChI=1S/C17H21ClN2O3/c1-2-23-17(22)20-10-8-19(9-11-20)16(13-21)7-6-14-4-3-5-15(18)12-14/h3-5,12,16,21H,2,8-11,13H2,1H3. The van der Waals surface area contributed by atoms with Crippen molar-refractivity contribution in [2.75, 3.05) is 39.4 Å². The van der Waals surface area contributed by atoms with Crippen LogP contribution in [0.25, 0.3) is 0 Å². The summed E-state index contributed by atoms with van der Waals surface area (Å²) in [5.74, 6) is 6.13. The summed E-state index contributed by atoms with van der Waals surface area (Å²) in [5, 5.41) is 10.2. The zero-order valence-electron chi connectivity index (χ0n) is 13.2. The second-order valence-corrected chi connectivity index (χ2v) is 5.64. The van der Waals surface area contributed by atoms with Gasteiger partial charge in [0.05, 0.1) is 19.3 Å². The van der Waals surface area contributed by atoms with Gasteiger partial charge in [-0.25, -0.2) is 4.79 Å². The van der Waals surface area contributed by atoms with Crippen LogP contribution in [0.15, 0.2) is 24.3 Å². The molecule has 1 saturated heterocycles. The topological polar surface area (TPSA) is 53.0 Å². The highest BCUT2D eigenvalue weighted by Crippen LogP contribution is 2.11. The summed E-state index contributed by atoms with van der Waals surface area (Å²) in [6.45, 7) is 4.60. The van der Waals surface area contributed by atoms with E-state index in [-0.39, 0.29) is 18.7 Å². The zero-order valence-corrected chi connectivity index (χ0v) is 13.9. The van der Waals surface area contributed by atoms with Crippen molar-refractivity contribution in [3.05, 3.63) is 34.9 Å². The highest BCUT2D eigenvalue weighted by molar-refractivity contribution is 6.30. The molecule has 1 aromatic carbocycles. The number of rotatable bonds is 3. The maximum absolute atomic E-state index is 11.7. The fourth-order valence-electron chi connectivity index (χ4n) is 2.42. The van der Waals surface area contributed by atoms with Crippen molar-refractivity contribution in [3.8, 4) is 11.8 Å². The molecular weight excluding hydrogens is 316 g/mol. The van der Waals surface area contributed by atoms with Gasteiger partial charge in [0, 0.05) is 36.8 Å². The first kappa shape index (κ1) is 17.6. The number of carbonyl (C=O) groups excluding carboxylic acids is 1. The lowest BCUT2D eigenvalue weighted by molar-refractivity contribution is 0.0640. The Kier molecular flexibility index (Phi) is 6.72. The summed E-state index contributed by atoms with van der Waals surface area (Å²) in [6.07, 6.45) is -0.280. The maximum Gasteiger partial charge on any atom is 0.409 e. The first-order valence-electron chi connectivity index (χ1n) is 7.67. The molecule has 0 radical (unpaired) electrons. The molecule has 1 heterocycles. The number of piperazine rings is 1. The van der Waals surface area contributed by atoms with Crippen LogP contribution in [-0.2, 0) is 4.74 Å². The van der Waals surface area contributed by atoms with Gasteiger partial charge in [-0.15, -0.1) is 0 Å². The van der Waals surface area contributed by atoms with E-state index in [1.807, 2.05) is 12.1 Å². The molecule has 5 nitrogen and oxygen atoms in total. The first-order valence-corrected chi connectivity index (χ1v) is 8.05. The number of ether oxygens (including phenoxy) is 1. The maximum atomic E-state index is 11.7. The SMILES string of the molecule is CCOC(=O)N1CCN(C(C#Cc2cccc(Cl)c2)CO)CC1. The van der Waals surface area contributed by atoms with E-state index < -0.39 is 0 Å². The number of amides is 1. The fraction of sp³-hybridized carbons (Fsp3) is 0.471. The van der Waals surface area contributed by atoms with Crippen molar-refractivity contribution in [1.29, 1.82) is 0 Å². The van der Waals surface area contributed by atoms with Gasteiger partial charge in [0.1, 0.15) is 0 Å². The van der Waals surface area contributed by atoms with Gasteiger partial charge in [0.2, 0.25) is 0 Å². The molecule has 23 heavy (non-hydrogen) atoms. The minimum absolute atomic E-state index is 0.0486. The molecular formula is C17H21ClN2O3. The Balaban J connectivity index is 1.94. The highest BCUT2D eigenvalue weighted by Gasteiger charge is 2.25. The normalized spacial score (nSPS) is 16.4. The third-order valence-electron chi connectivity index (χ3n) is 3.66. The average Bonchev–Trinajstić information content (AvgIpc) is 2.56. The summed E-state index contributed by atoms with van der Waals surface area (Å²) in [4.78, 5) is 15.4. The number of aliphatic hydroxyl groups excluding tert-OH is 1. The largest absolute Gasteiger partial charge is 0.450 e. The van der Waals surface area contributed by atoms with Crippen LogP contribution in [0.4, 0.5) is 4.79 Å². The predicted octanol–water partition coefficient (Wildman–Crippen LogP) is 1.83. The van der Waals surface area contributed by atoms with E-state index in [0.717, 1.165) is 5.56 Å². The van der Waals surface area contributed by atoms with Crippen LogP contribution in [0.1, 0.15) is 12.5 Å². The smallest absolute Gasteiger partial charge is 0.409 e. The van der Waals surface area contributed by atoms with Crippen LogP contribution in [0.5, 0.6) is 0 Å². The molecule has 1 unspecified atom stereocenters. The van der Waals surface area contributed by atoms with Gasteiger partial charge in [-0.2, -0.15) is 0 Å². The second-order valence-electron chi connectivity index (χ2n) is 5.20. The van der Waals surface area contributed by atoms with Crippen LogP contribution in [0, 0.1) is 11.8 Å². The summed E-state index contributed by atoms with van der Waals surface area (Å²) in [5.41, 5.74) is 0.820. The molecule has 1 aliphatic heterocycles. The van der Waals surface area contributed by atoms with Gasteiger partial charge in [-0.05, 0) is 25.1 Å². The van der Waals surface area contributed by atoms with Gasteiger partial charge in [-0.1, -0.05) is 29.5 Å². The molecule has 0 saturated carbocycles. The van der Waals surface area contributed by atoms with Crippen molar-refractivity contribution in [2.45, 2.75) is 13.0 Å². The molecule has 0 aliphatic carbocycles. The highest BCUT2D eigenvalue weighted by atomic mass is 35.5. The molecule has 1 aliphatic rings. The third-order valence-corrected chi connectivity index (χ3v) is 3.90. The van der Waals surface area contributed by atoms with Crippen LogP contribution in [0.3, 0.4) is 0 Å². The predicted molar refractivity (Wildman–Crippen MR) is 89.4 cm³/mol. The van der Waals surface area contributed by atoms with Gasteiger partial charge >= 0.3 is 6.09 Å². The van der Waals surface area contributed by atoms with E-state index in [2.05, 4.69) is 16.7 Å². The van der Waals surface area contributed by atoms with E-state index in [1.165, 1.54) is 0 Å². The van der Waals surface area contributed by atoms with Crippen LogP contribution >= 0.6 is 11.6 Å². The molecule has 1 atom stereocenters. The molecule has 6 heteroatoms. The Hall–Kier alpha value is -1.74. The van der Waals surface area contributed by atoms with Gasteiger partial charge in [0.25, 0.3) is 0 Å². The Morgan fingerprint density at radius 1 is 1.39 bits per heavy atom. The molecule has 1 amide bonds. The lowest BCUT2D eigenvalue weighted by atomic mass is 10.2. The lowest BCUT2D eigenvalue weighted by Crippen LogP contribution is -2.52. The van der Waals surface area contributed by atoms with Crippen LogP contribution < -0.4 is 0 Å². The summed E-state index contributed by atoms with van der Waals surface area (Å²) < 4.78 is 5.00. The van der Waals surface area contributed by atoms with Crippen molar-refractivity contribution in [1.82, 2.24) is 9.80 Å². The van der Waals surface area contributed by atoms with Gasteiger partial charge in [0.15, 0.2) is 0 Å². The van der Waals surface area contributed by atoms with Crippen LogP contribution in [0.2, 0.25) is 5.02 Å². The monoisotopic (exact) mass is 336 g/mol. The number of halogens is 1. The molecule has 0 spiro atoms. The van der Waals surface area contributed by atoms with Gasteiger partial charge < -0.3 is 14.7 Å². The lowest BCUT2D eigenvalue weighted by Gasteiger charge is -2.36. The van der Waals surface area contributed by atoms with Crippen LogP contribution in [-0.4, -0.2) is 66.4 Å². The molecule has 1 fully saturated rings. The number of aliphatic hydroxyl groups is 1. The quantitative estimate of drug-likeness (QED) is 0.856. The number of hydrogen-bond donors (Lipinski definition) is 1. The Labute approximate surface area is 141 Å². The molecule has 1 N–H and O–H groups in total. The average molecular weight is 337 g/mol. The number of nitrogens with zero attached hydrogens (tertiary/aromatic N) is 2. The van der Waals surface area contributed by atoms with E-state index in [9.17, 15) is 9.90 Å². The van der Waals surface area contributed by atoms with E-state index in [0.29, 0.717) is 37.8 Å². The summed E-state index contributed by atoms with van der Waals surface area (Å²) >= 11 is 5.94. The fourth-order valence-corrected chi connectivity index (χ4v) is 2.61. The Morgan fingerprint density at radius 3 is 2.74 bits per heavy atom. The van der Waals surface area contributed by atoms with Gasteiger partial charge in [-0.3, -0.25) is 4.90 Å². The molecule has 0 aromatic heterocycles. The Bertz CT molecular complexity index is 589. The summed E-state index contributed by atoms with van der Waals surface area (Å²) in [6, 6.07) is 7.06. The number of benzene rings is 1. The molecule has 0 bridgehead atoms. The van der Waals surface area contributed by atoms with E-state index in [4.69, 9.17) is 16.3 Å². The number of hydrogen-bond acceptors (Lipinski definition) is 4. The van der Waals surface area contributed by atoms with E-state index >= 15 is 0 Å². The summed E-state index contributed by atoms with van der Waals surface area (Å²) in [7, 11) is 0. The minimum atomic E-state index is -0.280. The third kappa shape index (κ3) is 5.14. The molecule has 2 rings (SSSR count). The van der Waals surface area contributed by atoms with Crippen molar-refractivity contribution in [2.24, 2.45) is 0 Å². The molecule has 124 valence electrons. The van der Waals surface area contributed by atoms with Crippen molar-refractivity contribution in [3.63, 3.8) is 0 Å². The first-order chi connectivity index (χ1) is 11.1.